The smallest absolute Gasteiger partial charge is 0.160 e. The van der Waals surface area contributed by atoms with Crippen LogP contribution in [0.25, 0.3) is 11.2 Å². The molecule has 0 fully saturated rings. The van der Waals surface area contributed by atoms with Gasteiger partial charge in [0.25, 0.3) is 0 Å². The minimum atomic E-state index is -0.898. The minimum Gasteiger partial charge on any atom is -0.386 e. The number of imidazole rings is 1. The lowest BCUT2D eigenvalue weighted by Crippen LogP contribution is -2.15. The van der Waals surface area contributed by atoms with E-state index < -0.39 is 5.60 Å². The Morgan fingerprint density at radius 2 is 1.90 bits per heavy atom. The Balaban J connectivity index is 1.98. The summed E-state index contributed by atoms with van der Waals surface area (Å²) in [5.41, 5.74) is 2.72. The first-order valence-corrected chi connectivity index (χ1v) is 6.62. The lowest BCUT2D eigenvalue weighted by molar-refractivity contribution is 0.0784. The molecule has 2 heterocycles. The normalized spacial score (nSPS) is 11.9. The fourth-order valence-electron chi connectivity index (χ4n) is 2.18. The fourth-order valence-corrected chi connectivity index (χ4v) is 2.18. The first-order chi connectivity index (χ1) is 9.54. The van der Waals surface area contributed by atoms with E-state index in [1.165, 1.54) is 5.56 Å². The van der Waals surface area contributed by atoms with Crippen LogP contribution < -0.4 is 0 Å². The van der Waals surface area contributed by atoms with Gasteiger partial charge in [0.15, 0.2) is 5.65 Å². The van der Waals surface area contributed by atoms with E-state index in [1.54, 1.807) is 26.4 Å². The molecule has 4 nitrogen and oxygen atoms in total. The lowest BCUT2D eigenvalue weighted by Gasteiger charge is -2.16. The van der Waals surface area contributed by atoms with Gasteiger partial charge in [-0.25, -0.2) is 9.97 Å². The summed E-state index contributed by atoms with van der Waals surface area (Å²) in [6.07, 6.45) is 3.50. The number of rotatable bonds is 3. The molecule has 20 heavy (non-hydrogen) atoms. The molecule has 1 aromatic carbocycles. The zero-order chi connectivity index (χ0) is 14.2. The van der Waals surface area contributed by atoms with Crippen LogP contribution in [0.15, 0.2) is 48.9 Å². The number of benzene rings is 1. The number of fused-ring (bicyclic) bond motifs is 1. The zero-order valence-corrected chi connectivity index (χ0v) is 11.6. The van der Waals surface area contributed by atoms with Crippen molar-refractivity contribution in [3.8, 4) is 0 Å². The molecule has 0 aliphatic carbocycles. The van der Waals surface area contributed by atoms with E-state index >= 15 is 0 Å². The molecule has 0 amide bonds. The van der Waals surface area contributed by atoms with Gasteiger partial charge in [-0.3, -0.25) is 0 Å². The van der Waals surface area contributed by atoms with Crippen molar-refractivity contribution < 1.29 is 5.11 Å². The molecular formula is C16H17N3O. The van der Waals surface area contributed by atoms with Crippen LogP contribution in [-0.2, 0) is 12.1 Å². The van der Waals surface area contributed by atoms with Gasteiger partial charge in [0, 0.05) is 11.8 Å². The van der Waals surface area contributed by atoms with Gasteiger partial charge in [-0.05, 0) is 25.5 Å². The third kappa shape index (κ3) is 2.42. The van der Waals surface area contributed by atoms with Crippen LogP contribution in [0, 0.1) is 0 Å². The van der Waals surface area contributed by atoms with E-state index in [9.17, 15) is 5.11 Å². The van der Waals surface area contributed by atoms with Crippen LogP contribution >= 0.6 is 0 Å². The predicted octanol–water partition coefficient (Wildman–Crippen LogP) is 2.71. The van der Waals surface area contributed by atoms with Gasteiger partial charge in [-0.15, -0.1) is 0 Å². The fraction of sp³-hybridized carbons (Fsp3) is 0.250. The quantitative estimate of drug-likeness (QED) is 0.793. The van der Waals surface area contributed by atoms with Crippen LogP contribution in [0.1, 0.15) is 25.0 Å². The largest absolute Gasteiger partial charge is 0.386 e. The Hall–Kier alpha value is -2.20. The summed E-state index contributed by atoms with van der Waals surface area (Å²) in [6, 6.07) is 12.1. The number of pyridine rings is 1. The molecular weight excluding hydrogens is 250 g/mol. The van der Waals surface area contributed by atoms with E-state index in [2.05, 4.69) is 22.1 Å². The molecule has 0 atom stereocenters. The molecule has 0 spiro atoms. The van der Waals surface area contributed by atoms with Gasteiger partial charge >= 0.3 is 0 Å². The maximum absolute atomic E-state index is 10.0. The Morgan fingerprint density at radius 1 is 1.15 bits per heavy atom. The highest BCUT2D eigenvalue weighted by atomic mass is 16.3. The maximum atomic E-state index is 10.0. The highest BCUT2D eigenvalue weighted by molar-refractivity contribution is 5.71. The summed E-state index contributed by atoms with van der Waals surface area (Å²) in [6.45, 7) is 4.24. The lowest BCUT2D eigenvalue weighted by atomic mass is 10.0. The number of aliphatic hydroxyl groups is 1. The second-order valence-corrected chi connectivity index (χ2v) is 5.48. The topological polar surface area (TPSA) is 50.9 Å². The van der Waals surface area contributed by atoms with E-state index in [4.69, 9.17) is 0 Å². The number of nitrogens with zero attached hydrogens (tertiary/aromatic N) is 3. The second-order valence-electron chi connectivity index (χ2n) is 5.48. The van der Waals surface area contributed by atoms with Crippen molar-refractivity contribution in [1.29, 1.82) is 0 Å². The summed E-state index contributed by atoms with van der Waals surface area (Å²) < 4.78 is 2.01. The van der Waals surface area contributed by atoms with Crippen molar-refractivity contribution in [3.63, 3.8) is 0 Å². The van der Waals surface area contributed by atoms with Gasteiger partial charge in [-0.1, -0.05) is 30.3 Å². The summed E-state index contributed by atoms with van der Waals surface area (Å²) in [4.78, 5) is 8.82. The SMILES string of the molecule is CC(C)(O)c1cnc2c(c1)ncn2Cc1ccccc1. The molecule has 1 N–H and O–H groups in total. The van der Waals surface area contributed by atoms with Crippen molar-refractivity contribution in [3.05, 3.63) is 60.0 Å². The van der Waals surface area contributed by atoms with Crippen molar-refractivity contribution in [1.82, 2.24) is 14.5 Å². The summed E-state index contributed by atoms with van der Waals surface area (Å²) in [7, 11) is 0. The van der Waals surface area contributed by atoms with Crippen molar-refractivity contribution in [2.24, 2.45) is 0 Å². The predicted molar refractivity (Wildman–Crippen MR) is 78.3 cm³/mol. The molecule has 2 aromatic heterocycles. The van der Waals surface area contributed by atoms with E-state index in [-0.39, 0.29) is 0 Å². The highest BCUT2D eigenvalue weighted by Gasteiger charge is 2.17. The third-order valence-electron chi connectivity index (χ3n) is 3.36. The maximum Gasteiger partial charge on any atom is 0.160 e. The highest BCUT2D eigenvalue weighted by Crippen LogP contribution is 2.22. The van der Waals surface area contributed by atoms with Gasteiger partial charge in [0.1, 0.15) is 5.52 Å². The minimum absolute atomic E-state index is 0.742. The molecule has 0 radical (unpaired) electrons. The average molecular weight is 267 g/mol. The Morgan fingerprint density at radius 3 is 2.60 bits per heavy atom. The molecule has 0 saturated carbocycles. The summed E-state index contributed by atoms with van der Waals surface area (Å²) in [5, 5.41) is 10.0. The molecule has 0 bridgehead atoms. The molecule has 0 unspecified atom stereocenters. The van der Waals surface area contributed by atoms with Gasteiger partial charge in [0.05, 0.1) is 18.5 Å². The van der Waals surface area contributed by atoms with Crippen LogP contribution in [0.4, 0.5) is 0 Å². The molecule has 4 heteroatoms. The van der Waals surface area contributed by atoms with Gasteiger partial charge in [0.2, 0.25) is 0 Å². The standard InChI is InChI=1S/C16H17N3O/c1-16(2,20)13-8-14-15(17-9-13)19(11-18-14)10-12-6-4-3-5-7-12/h3-9,11,20H,10H2,1-2H3. The van der Waals surface area contributed by atoms with Crippen molar-refractivity contribution in [2.75, 3.05) is 0 Å². The zero-order valence-electron chi connectivity index (χ0n) is 11.6. The van der Waals surface area contributed by atoms with Crippen LogP contribution in [0.2, 0.25) is 0 Å². The molecule has 0 aliphatic heterocycles. The number of hydrogen-bond acceptors (Lipinski definition) is 3. The summed E-state index contributed by atoms with van der Waals surface area (Å²) in [5.74, 6) is 0. The number of hydrogen-bond donors (Lipinski definition) is 1. The monoisotopic (exact) mass is 267 g/mol. The molecule has 102 valence electrons. The number of aromatic nitrogens is 3. The first kappa shape index (κ1) is 12.8. The molecule has 0 aliphatic rings. The Labute approximate surface area is 117 Å². The van der Waals surface area contributed by atoms with Crippen LogP contribution in [0.3, 0.4) is 0 Å². The van der Waals surface area contributed by atoms with E-state index in [0.29, 0.717) is 0 Å². The van der Waals surface area contributed by atoms with Crippen LogP contribution in [-0.4, -0.2) is 19.6 Å². The second kappa shape index (κ2) is 4.72. The van der Waals surface area contributed by atoms with Crippen molar-refractivity contribution >= 4 is 11.2 Å². The third-order valence-corrected chi connectivity index (χ3v) is 3.36. The average Bonchev–Trinajstić information content (AvgIpc) is 2.81. The van der Waals surface area contributed by atoms with Crippen molar-refractivity contribution in [2.45, 2.75) is 26.0 Å². The molecule has 3 aromatic rings. The molecule has 0 saturated heterocycles. The summed E-state index contributed by atoms with van der Waals surface area (Å²) >= 11 is 0. The molecule has 3 rings (SSSR count). The van der Waals surface area contributed by atoms with E-state index in [1.807, 2.05) is 28.8 Å². The van der Waals surface area contributed by atoms with Gasteiger partial charge in [-0.2, -0.15) is 0 Å². The van der Waals surface area contributed by atoms with Gasteiger partial charge < -0.3 is 9.67 Å². The Bertz CT molecular complexity index is 726. The first-order valence-electron chi connectivity index (χ1n) is 6.62. The van der Waals surface area contributed by atoms with E-state index in [0.717, 1.165) is 23.3 Å². The Kier molecular flexibility index (Phi) is 3.03. The van der Waals surface area contributed by atoms with Crippen LogP contribution in [0.5, 0.6) is 0 Å².